The molecule has 1 heterocycles. The van der Waals surface area contributed by atoms with Crippen molar-refractivity contribution in [2.24, 2.45) is 0 Å². The number of nitrogens with zero attached hydrogens (tertiary/aromatic N) is 1. The summed E-state index contributed by atoms with van der Waals surface area (Å²) in [5, 5.41) is -0.257. The summed E-state index contributed by atoms with van der Waals surface area (Å²) >= 11 is 5.96. The lowest BCUT2D eigenvalue weighted by atomic mass is 10.2. The van der Waals surface area contributed by atoms with Crippen LogP contribution in [0.5, 0.6) is 17.4 Å². The van der Waals surface area contributed by atoms with Gasteiger partial charge in [0.2, 0.25) is 5.88 Å². The molecule has 0 amide bonds. The largest absolute Gasteiger partial charge is 0.493 e. The average Bonchev–Trinajstić information content (AvgIpc) is 2.70. The minimum Gasteiger partial charge on any atom is -0.493 e. The molecule has 29 heavy (non-hydrogen) atoms. The Kier molecular flexibility index (Phi) is 6.46. The second kappa shape index (κ2) is 9.02. The number of nitrogens with one attached hydrogen (secondary N) is 2. The van der Waals surface area contributed by atoms with Crippen LogP contribution >= 0.6 is 11.6 Å². The van der Waals surface area contributed by atoms with Crippen LogP contribution in [0.3, 0.4) is 0 Å². The first-order valence-corrected chi connectivity index (χ1v) is 8.86. The molecule has 152 valence electrons. The van der Waals surface area contributed by atoms with Crippen molar-refractivity contribution >= 4 is 17.3 Å². The molecule has 0 unspecified atom stereocenters. The normalized spacial score (nSPS) is 11.2. The van der Waals surface area contributed by atoms with Crippen LogP contribution in [0.1, 0.15) is 11.1 Å². The van der Waals surface area contributed by atoms with E-state index < -0.39 is 11.7 Å². The fourth-order valence-electron chi connectivity index (χ4n) is 2.49. The molecule has 0 saturated heterocycles. The van der Waals surface area contributed by atoms with Gasteiger partial charge in [0, 0.05) is 24.0 Å². The van der Waals surface area contributed by atoms with Crippen LogP contribution in [0.4, 0.5) is 18.9 Å². The average molecular weight is 424 g/mol. The lowest BCUT2D eigenvalue weighted by Crippen LogP contribution is -2.21. The quantitative estimate of drug-likeness (QED) is 0.479. The Balaban J connectivity index is 1.81. The maximum Gasteiger partial charge on any atom is 0.417 e. The topological polar surface area (TPSA) is 55.4 Å². The fourth-order valence-corrected chi connectivity index (χ4v) is 2.70. The van der Waals surface area contributed by atoms with Gasteiger partial charge in [0.15, 0.2) is 11.5 Å². The molecule has 0 radical (unpaired) electrons. The van der Waals surface area contributed by atoms with Gasteiger partial charge in [0.25, 0.3) is 0 Å². The van der Waals surface area contributed by atoms with E-state index in [-0.39, 0.29) is 10.9 Å². The molecular formula is C20H17ClF3N3O2. The number of aromatic nitrogens is 1. The first kappa shape index (κ1) is 20.8. The number of ether oxygens (including phenoxy) is 2. The first-order chi connectivity index (χ1) is 13.9. The lowest BCUT2D eigenvalue weighted by Gasteiger charge is -2.16. The third-order valence-corrected chi connectivity index (χ3v) is 4.17. The zero-order valence-corrected chi connectivity index (χ0v) is 16.0. The third kappa shape index (κ3) is 5.30. The van der Waals surface area contributed by atoms with E-state index >= 15 is 0 Å². The van der Waals surface area contributed by atoms with Gasteiger partial charge in [-0.1, -0.05) is 41.9 Å². The molecule has 0 aliphatic rings. The van der Waals surface area contributed by atoms with Gasteiger partial charge in [0.1, 0.15) is 5.02 Å². The van der Waals surface area contributed by atoms with Crippen molar-refractivity contribution in [1.82, 2.24) is 10.4 Å². The van der Waals surface area contributed by atoms with Crippen molar-refractivity contribution in [1.29, 1.82) is 0 Å². The summed E-state index contributed by atoms with van der Waals surface area (Å²) in [6.45, 7) is 0.333. The molecule has 2 N–H and O–H groups in total. The van der Waals surface area contributed by atoms with Gasteiger partial charge >= 0.3 is 6.18 Å². The lowest BCUT2D eigenvalue weighted by molar-refractivity contribution is -0.137. The Labute approximate surface area is 170 Å². The van der Waals surface area contributed by atoms with Crippen LogP contribution in [-0.2, 0) is 12.7 Å². The van der Waals surface area contributed by atoms with E-state index in [9.17, 15) is 13.2 Å². The van der Waals surface area contributed by atoms with Crippen LogP contribution in [0.15, 0.2) is 60.8 Å². The fraction of sp³-hybridized carbons (Fsp3) is 0.150. The van der Waals surface area contributed by atoms with E-state index in [0.717, 1.165) is 11.8 Å². The maximum absolute atomic E-state index is 12.8. The van der Waals surface area contributed by atoms with Crippen LogP contribution in [0.2, 0.25) is 5.02 Å². The van der Waals surface area contributed by atoms with E-state index in [0.29, 0.717) is 29.8 Å². The Morgan fingerprint density at radius 3 is 2.48 bits per heavy atom. The Hall–Kier alpha value is -2.97. The number of para-hydroxylation sites is 2. The molecule has 5 nitrogen and oxygen atoms in total. The number of pyridine rings is 1. The number of methoxy groups -OCH3 is 1. The number of rotatable bonds is 7. The molecule has 0 fully saturated rings. The predicted molar refractivity (Wildman–Crippen MR) is 104 cm³/mol. The summed E-state index contributed by atoms with van der Waals surface area (Å²) in [5.74, 6) is 0.537. The predicted octanol–water partition coefficient (Wildman–Crippen LogP) is 5.67. The number of hydrogen-bond acceptors (Lipinski definition) is 5. The molecule has 0 aliphatic carbocycles. The van der Waals surface area contributed by atoms with Gasteiger partial charge in [-0.2, -0.15) is 13.2 Å². The number of alkyl halides is 3. The molecule has 9 heteroatoms. The number of hydrogen-bond donors (Lipinski definition) is 2. The van der Waals surface area contributed by atoms with Crippen LogP contribution in [-0.4, -0.2) is 12.1 Å². The maximum atomic E-state index is 12.8. The number of halogens is 4. The van der Waals surface area contributed by atoms with Crippen molar-refractivity contribution in [2.75, 3.05) is 12.5 Å². The molecule has 3 aromatic rings. The van der Waals surface area contributed by atoms with Gasteiger partial charge < -0.3 is 14.9 Å². The number of benzene rings is 2. The van der Waals surface area contributed by atoms with Crippen molar-refractivity contribution in [3.05, 3.63) is 76.9 Å². The monoisotopic (exact) mass is 423 g/mol. The van der Waals surface area contributed by atoms with Gasteiger partial charge in [-0.05, 0) is 24.3 Å². The van der Waals surface area contributed by atoms with Crippen molar-refractivity contribution in [2.45, 2.75) is 12.7 Å². The zero-order chi connectivity index (χ0) is 20.9. The van der Waals surface area contributed by atoms with Gasteiger partial charge in [-0.25, -0.2) is 10.4 Å². The summed E-state index contributed by atoms with van der Waals surface area (Å²) in [6, 6.07) is 15.5. The Morgan fingerprint density at radius 2 is 1.83 bits per heavy atom. The van der Waals surface area contributed by atoms with E-state index in [1.165, 1.54) is 7.11 Å². The van der Waals surface area contributed by atoms with E-state index in [1.54, 1.807) is 18.2 Å². The number of hydrazine groups is 1. The molecule has 0 atom stereocenters. The van der Waals surface area contributed by atoms with E-state index in [4.69, 9.17) is 21.1 Å². The zero-order valence-electron chi connectivity index (χ0n) is 15.3. The van der Waals surface area contributed by atoms with E-state index in [2.05, 4.69) is 15.8 Å². The summed E-state index contributed by atoms with van der Waals surface area (Å²) in [5.41, 5.74) is 6.69. The van der Waals surface area contributed by atoms with E-state index in [1.807, 2.05) is 30.3 Å². The second-order valence-electron chi connectivity index (χ2n) is 5.90. The van der Waals surface area contributed by atoms with Gasteiger partial charge in [0.05, 0.1) is 12.7 Å². The highest BCUT2D eigenvalue weighted by Crippen LogP contribution is 2.38. The molecule has 3 rings (SSSR count). The smallest absolute Gasteiger partial charge is 0.417 e. The van der Waals surface area contributed by atoms with Crippen LogP contribution in [0, 0.1) is 0 Å². The number of anilines is 1. The van der Waals surface area contributed by atoms with Crippen molar-refractivity contribution in [3.8, 4) is 17.4 Å². The van der Waals surface area contributed by atoms with Crippen LogP contribution in [0.25, 0.3) is 0 Å². The third-order valence-electron chi connectivity index (χ3n) is 3.90. The highest BCUT2D eigenvalue weighted by Gasteiger charge is 2.32. The van der Waals surface area contributed by atoms with Crippen molar-refractivity contribution < 1.29 is 22.6 Å². The van der Waals surface area contributed by atoms with Gasteiger partial charge in [-0.15, -0.1) is 0 Å². The molecule has 0 spiro atoms. The standard InChI is InChI=1S/C20H17ClF3N3O2/c1-28-17-9-5-6-13(11-26-27-15-7-3-2-4-8-15)18(17)29-19-16(21)10-14(12-25-19)20(22,23)24/h2-10,12,26-27H,11H2,1H3. The molecule has 0 bridgehead atoms. The Bertz CT molecular complexity index is 969. The molecule has 1 aromatic heterocycles. The van der Waals surface area contributed by atoms with Crippen molar-refractivity contribution in [3.63, 3.8) is 0 Å². The van der Waals surface area contributed by atoms with Crippen LogP contribution < -0.4 is 20.3 Å². The molecule has 2 aromatic carbocycles. The summed E-state index contributed by atoms with van der Waals surface area (Å²) in [6.07, 6.45) is -3.87. The minimum atomic E-state index is -4.54. The SMILES string of the molecule is COc1cccc(CNNc2ccccc2)c1Oc1ncc(C(F)(F)F)cc1Cl. The summed E-state index contributed by atoms with van der Waals surface area (Å²) in [7, 11) is 1.46. The molecule has 0 saturated carbocycles. The summed E-state index contributed by atoms with van der Waals surface area (Å²) in [4.78, 5) is 3.72. The second-order valence-corrected chi connectivity index (χ2v) is 6.31. The first-order valence-electron chi connectivity index (χ1n) is 8.49. The Morgan fingerprint density at radius 1 is 1.07 bits per heavy atom. The van der Waals surface area contributed by atoms with Gasteiger partial charge in [-0.3, -0.25) is 0 Å². The minimum absolute atomic E-state index is 0.151. The summed E-state index contributed by atoms with van der Waals surface area (Å²) < 4.78 is 49.5. The molecule has 0 aliphatic heterocycles. The highest BCUT2D eigenvalue weighted by atomic mass is 35.5. The molecular weight excluding hydrogens is 407 g/mol. The highest BCUT2D eigenvalue weighted by molar-refractivity contribution is 6.31.